The van der Waals surface area contributed by atoms with E-state index in [9.17, 15) is 4.79 Å². The third-order valence-electron chi connectivity index (χ3n) is 2.87. The number of carbonyl (C=O) groups is 1. The van der Waals surface area contributed by atoms with Gasteiger partial charge in [0.25, 0.3) is 5.91 Å². The molecule has 0 aliphatic rings. The maximum Gasteiger partial charge on any atom is 0.259 e. The summed E-state index contributed by atoms with van der Waals surface area (Å²) in [5.74, 6) is 0.122. The number of halogens is 1. The van der Waals surface area contributed by atoms with Gasteiger partial charge in [0.05, 0.1) is 24.0 Å². The van der Waals surface area contributed by atoms with Crippen LogP contribution in [-0.2, 0) is 0 Å². The zero-order valence-corrected chi connectivity index (χ0v) is 12.0. The largest absolute Gasteiger partial charge is 0.496 e. The molecule has 0 aromatic heterocycles. The SMILES string of the molecule is COc1cc(Cl)ccc1C(=O)Nc1cc(C)ccc1N. The monoisotopic (exact) mass is 290 g/mol. The van der Waals surface area contributed by atoms with Gasteiger partial charge in [-0.3, -0.25) is 4.79 Å². The first-order valence-corrected chi connectivity index (χ1v) is 6.40. The predicted molar refractivity (Wildman–Crippen MR) is 81.5 cm³/mol. The molecular weight excluding hydrogens is 276 g/mol. The van der Waals surface area contributed by atoms with E-state index in [-0.39, 0.29) is 5.91 Å². The second-order valence-corrected chi connectivity index (χ2v) is 4.83. The minimum atomic E-state index is -0.296. The first-order chi connectivity index (χ1) is 9.51. The minimum Gasteiger partial charge on any atom is -0.496 e. The number of carbonyl (C=O) groups excluding carboxylic acids is 1. The Hall–Kier alpha value is -2.20. The minimum absolute atomic E-state index is 0.296. The lowest BCUT2D eigenvalue weighted by molar-refractivity contribution is 0.102. The van der Waals surface area contributed by atoms with Crippen LogP contribution < -0.4 is 15.8 Å². The molecule has 0 bridgehead atoms. The van der Waals surface area contributed by atoms with Gasteiger partial charge in [0.15, 0.2) is 0 Å². The van der Waals surface area contributed by atoms with Crippen molar-refractivity contribution in [3.8, 4) is 5.75 Å². The average molecular weight is 291 g/mol. The molecule has 0 aliphatic heterocycles. The van der Waals surface area contributed by atoms with E-state index in [0.717, 1.165) is 5.56 Å². The Morgan fingerprint density at radius 2 is 2.00 bits per heavy atom. The van der Waals surface area contributed by atoms with Crippen LogP contribution in [0.1, 0.15) is 15.9 Å². The molecule has 0 spiro atoms. The van der Waals surface area contributed by atoms with Crippen LogP contribution in [0.2, 0.25) is 5.02 Å². The summed E-state index contributed by atoms with van der Waals surface area (Å²) < 4.78 is 5.16. The summed E-state index contributed by atoms with van der Waals surface area (Å²) in [4.78, 5) is 12.3. The Kier molecular flexibility index (Phi) is 4.15. The quantitative estimate of drug-likeness (QED) is 0.851. The maximum atomic E-state index is 12.3. The highest BCUT2D eigenvalue weighted by Crippen LogP contribution is 2.26. The number of nitrogens with two attached hydrogens (primary N) is 1. The number of hydrogen-bond acceptors (Lipinski definition) is 3. The third kappa shape index (κ3) is 3.03. The lowest BCUT2D eigenvalue weighted by Crippen LogP contribution is -2.14. The number of anilines is 2. The number of amides is 1. The van der Waals surface area contributed by atoms with Crippen molar-refractivity contribution in [2.45, 2.75) is 6.92 Å². The van der Waals surface area contributed by atoms with Crippen molar-refractivity contribution < 1.29 is 9.53 Å². The summed E-state index contributed by atoms with van der Waals surface area (Å²) in [6, 6.07) is 10.3. The van der Waals surface area contributed by atoms with Gasteiger partial charge in [0.2, 0.25) is 0 Å². The average Bonchev–Trinajstić information content (AvgIpc) is 2.42. The van der Waals surface area contributed by atoms with Crippen LogP contribution in [0.5, 0.6) is 5.75 Å². The van der Waals surface area contributed by atoms with Gasteiger partial charge in [-0.2, -0.15) is 0 Å². The zero-order chi connectivity index (χ0) is 14.7. The lowest BCUT2D eigenvalue weighted by atomic mass is 10.1. The molecule has 2 aromatic rings. The summed E-state index contributed by atoms with van der Waals surface area (Å²) in [6.07, 6.45) is 0. The van der Waals surface area contributed by atoms with Gasteiger partial charge in [-0.05, 0) is 42.8 Å². The van der Waals surface area contributed by atoms with E-state index in [1.807, 2.05) is 19.1 Å². The molecule has 0 saturated carbocycles. The number of hydrogen-bond donors (Lipinski definition) is 2. The van der Waals surface area contributed by atoms with E-state index in [1.165, 1.54) is 7.11 Å². The molecule has 0 unspecified atom stereocenters. The molecule has 1 amide bonds. The van der Waals surface area contributed by atoms with Crippen molar-refractivity contribution in [3.63, 3.8) is 0 Å². The fourth-order valence-electron chi connectivity index (χ4n) is 1.82. The van der Waals surface area contributed by atoms with E-state index < -0.39 is 0 Å². The first-order valence-electron chi connectivity index (χ1n) is 6.02. The van der Waals surface area contributed by atoms with Crippen molar-refractivity contribution in [1.82, 2.24) is 0 Å². The molecule has 0 atom stereocenters. The molecular formula is C15H15ClN2O2. The van der Waals surface area contributed by atoms with Gasteiger partial charge in [-0.1, -0.05) is 17.7 Å². The summed E-state index contributed by atoms with van der Waals surface area (Å²) in [5, 5.41) is 3.28. The highest BCUT2D eigenvalue weighted by molar-refractivity contribution is 6.31. The van der Waals surface area contributed by atoms with E-state index >= 15 is 0 Å². The number of nitrogens with one attached hydrogen (secondary N) is 1. The fraction of sp³-hybridized carbons (Fsp3) is 0.133. The summed E-state index contributed by atoms with van der Waals surface area (Å²) in [5.41, 5.74) is 8.34. The van der Waals surface area contributed by atoms with Gasteiger partial charge in [-0.15, -0.1) is 0 Å². The normalized spacial score (nSPS) is 10.2. The maximum absolute atomic E-state index is 12.3. The standard InChI is InChI=1S/C15H15ClN2O2/c1-9-3-6-12(17)13(7-9)18-15(19)11-5-4-10(16)8-14(11)20-2/h3-8H,17H2,1-2H3,(H,18,19). The molecule has 0 aliphatic carbocycles. The van der Waals surface area contributed by atoms with Crippen LogP contribution in [0.15, 0.2) is 36.4 Å². The van der Waals surface area contributed by atoms with Crippen molar-refractivity contribution in [2.75, 3.05) is 18.2 Å². The summed E-state index contributed by atoms with van der Waals surface area (Å²) in [7, 11) is 1.49. The molecule has 104 valence electrons. The van der Waals surface area contributed by atoms with Crippen LogP contribution in [0.3, 0.4) is 0 Å². The van der Waals surface area contributed by atoms with Gasteiger partial charge in [-0.25, -0.2) is 0 Å². The number of benzene rings is 2. The van der Waals surface area contributed by atoms with Crippen LogP contribution in [0.4, 0.5) is 11.4 Å². The molecule has 0 saturated heterocycles. The molecule has 2 aromatic carbocycles. The van der Waals surface area contributed by atoms with Crippen LogP contribution >= 0.6 is 11.6 Å². The Balaban J connectivity index is 2.30. The van der Waals surface area contributed by atoms with Gasteiger partial charge >= 0.3 is 0 Å². The van der Waals surface area contributed by atoms with Gasteiger partial charge in [0, 0.05) is 5.02 Å². The highest BCUT2D eigenvalue weighted by Gasteiger charge is 2.14. The molecule has 4 nitrogen and oxygen atoms in total. The van der Waals surface area contributed by atoms with Gasteiger partial charge in [0.1, 0.15) is 5.75 Å². The van der Waals surface area contributed by atoms with E-state index in [4.69, 9.17) is 22.1 Å². The molecule has 0 fully saturated rings. The Bertz CT molecular complexity index is 656. The van der Waals surface area contributed by atoms with Crippen molar-refractivity contribution in [1.29, 1.82) is 0 Å². The lowest BCUT2D eigenvalue weighted by Gasteiger charge is -2.11. The Labute approximate surface area is 122 Å². The molecule has 5 heteroatoms. The number of ether oxygens (including phenoxy) is 1. The number of rotatable bonds is 3. The first kappa shape index (κ1) is 14.2. The smallest absolute Gasteiger partial charge is 0.259 e. The molecule has 0 radical (unpaired) electrons. The fourth-order valence-corrected chi connectivity index (χ4v) is 1.98. The molecule has 2 rings (SSSR count). The summed E-state index contributed by atoms with van der Waals surface area (Å²) in [6.45, 7) is 1.93. The number of aryl methyl sites for hydroxylation is 1. The van der Waals surface area contributed by atoms with Crippen LogP contribution in [0.25, 0.3) is 0 Å². The van der Waals surface area contributed by atoms with Crippen LogP contribution in [0, 0.1) is 6.92 Å². The molecule has 20 heavy (non-hydrogen) atoms. The second kappa shape index (κ2) is 5.84. The van der Waals surface area contributed by atoms with E-state index in [0.29, 0.717) is 27.7 Å². The third-order valence-corrected chi connectivity index (χ3v) is 3.10. The topological polar surface area (TPSA) is 64.3 Å². The summed E-state index contributed by atoms with van der Waals surface area (Å²) >= 11 is 5.87. The van der Waals surface area contributed by atoms with Crippen molar-refractivity contribution in [3.05, 3.63) is 52.5 Å². The molecule has 3 N–H and O–H groups in total. The number of methoxy groups -OCH3 is 1. The number of nitrogen functional groups attached to an aromatic ring is 1. The zero-order valence-electron chi connectivity index (χ0n) is 11.2. The molecule has 0 heterocycles. The predicted octanol–water partition coefficient (Wildman–Crippen LogP) is 3.49. The van der Waals surface area contributed by atoms with E-state index in [2.05, 4.69) is 5.32 Å². The Morgan fingerprint density at radius 3 is 2.70 bits per heavy atom. The highest BCUT2D eigenvalue weighted by atomic mass is 35.5. The van der Waals surface area contributed by atoms with Gasteiger partial charge < -0.3 is 15.8 Å². The van der Waals surface area contributed by atoms with Crippen molar-refractivity contribution >= 4 is 28.9 Å². The van der Waals surface area contributed by atoms with Crippen LogP contribution in [-0.4, -0.2) is 13.0 Å². The van der Waals surface area contributed by atoms with Crippen molar-refractivity contribution in [2.24, 2.45) is 0 Å². The Morgan fingerprint density at radius 1 is 1.25 bits per heavy atom. The second-order valence-electron chi connectivity index (χ2n) is 4.39. The van der Waals surface area contributed by atoms with E-state index in [1.54, 1.807) is 24.3 Å².